The molecule has 8 nitrogen and oxygen atoms in total. The van der Waals surface area contributed by atoms with Crippen molar-refractivity contribution in [2.75, 3.05) is 12.1 Å². The van der Waals surface area contributed by atoms with Crippen LogP contribution in [0.5, 0.6) is 11.5 Å². The number of allylic oxidation sites excluding steroid dienone is 1. The summed E-state index contributed by atoms with van der Waals surface area (Å²) in [4.78, 5) is 16.5. The summed E-state index contributed by atoms with van der Waals surface area (Å²) >= 11 is 2.71. The van der Waals surface area contributed by atoms with E-state index in [1.165, 1.54) is 23.1 Å². The Hall–Kier alpha value is -2.85. The predicted octanol–water partition coefficient (Wildman–Crippen LogP) is 3.44. The maximum atomic E-state index is 12.4. The molecule has 10 heteroatoms. The summed E-state index contributed by atoms with van der Waals surface area (Å²) in [5.41, 5.74) is 0.852. The topological polar surface area (TPSA) is 91.2 Å². The molecular weight excluding hydrogens is 398 g/mol. The number of carbonyl (C=O) groups is 1. The fourth-order valence-corrected chi connectivity index (χ4v) is 4.01. The molecule has 1 atom stereocenters. The number of carbonyl (C=O) groups excluding carboxylic acids is 1. The summed E-state index contributed by atoms with van der Waals surface area (Å²) in [6.45, 7) is 6.36. The van der Waals surface area contributed by atoms with Gasteiger partial charge in [-0.2, -0.15) is 0 Å². The van der Waals surface area contributed by atoms with E-state index in [0.717, 1.165) is 5.56 Å². The summed E-state index contributed by atoms with van der Waals surface area (Å²) in [7, 11) is 0. The quantitative estimate of drug-likeness (QED) is 0.467. The average Bonchev–Trinajstić information content (AvgIpc) is 3.43. The molecule has 1 aliphatic heterocycles. The van der Waals surface area contributed by atoms with Gasteiger partial charge in [0.2, 0.25) is 12.7 Å². The number of ether oxygens (including phenoxy) is 2. The van der Waals surface area contributed by atoms with Crippen molar-refractivity contribution in [3.63, 3.8) is 0 Å². The second-order valence-corrected chi connectivity index (χ2v) is 8.06. The van der Waals surface area contributed by atoms with E-state index in [1.54, 1.807) is 12.3 Å². The smallest absolute Gasteiger partial charge is 0.239 e. The molecule has 4 rings (SSSR count). The second kappa shape index (κ2) is 8.03. The summed E-state index contributed by atoms with van der Waals surface area (Å²) < 4.78 is 12.7. The zero-order valence-corrected chi connectivity index (χ0v) is 16.6. The lowest BCUT2D eigenvalue weighted by atomic mass is 10.2. The van der Waals surface area contributed by atoms with Gasteiger partial charge in [-0.3, -0.25) is 9.36 Å². The SMILES string of the molecule is C=CCn1c(S[C@H](C)C(=O)Nc2nccs2)nnc1-c1ccc2c(c1)OCO2. The van der Waals surface area contributed by atoms with Gasteiger partial charge in [0.05, 0.1) is 5.25 Å². The Balaban J connectivity index is 1.56. The van der Waals surface area contributed by atoms with Crippen LogP contribution in [-0.2, 0) is 11.3 Å². The van der Waals surface area contributed by atoms with E-state index in [1.807, 2.05) is 35.1 Å². The number of hydrogen-bond acceptors (Lipinski definition) is 8. The number of fused-ring (bicyclic) bond motifs is 1. The van der Waals surface area contributed by atoms with Crippen molar-refractivity contribution in [3.8, 4) is 22.9 Å². The van der Waals surface area contributed by atoms with Crippen LogP contribution in [0.15, 0.2) is 47.6 Å². The Kier molecular flexibility index (Phi) is 5.31. The van der Waals surface area contributed by atoms with Crippen molar-refractivity contribution in [1.29, 1.82) is 0 Å². The molecule has 0 fully saturated rings. The first-order valence-corrected chi connectivity index (χ1v) is 10.2. The summed E-state index contributed by atoms with van der Waals surface area (Å²) in [5, 5.41) is 14.1. The minimum atomic E-state index is -0.374. The second-order valence-electron chi connectivity index (χ2n) is 5.86. The van der Waals surface area contributed by atoms with Crippen molar-refractivity contribution in [3.05, 3.63) is 42.4 Å². The first kappa shape index (κ1) is 18.5. The highest BCUT2D eigenvalue weighted by Crippen LogP contribution is 2.36. The van der Waals surface area contributed by atoms with Crippen LogP contribution in [0.3, 0.4) is 0 Å². The van der Waals surface area contributed by atoms with Crippen LogP contribution < -0.4 is 14.8 Å². The number of anilines is 1. The van der Waals surface area contributed by atoms with Gasteiger partial charge in [-0.15, -0.1) is 28.1 Å². The largest absolute Gasteiger partial charge is 0.454 e. The van der Waals surface area contributed by atoms with E-state index in [4.69, 9.17) is 9.47 Å². The van der Waals surface area contributed by atoms with Crippen LogP contribution in [0.4, 0.5) is 5.13 Å². The molecule has 0 radical (unpaired) electrons. The fourth-order valence-electron chi connectivity index (χ4n) is 2.62. The lowest BCUT2D eigenvalue weighted by Crippen LogP contribution is -2.22. The molecule has 144 valence electrons. The molecule has 2 aromatic heterocycles. The van der Waals surface area contributed by atoms with Crippen LogP contribution in [0.25, 0.3) is 11.4 Å². The molecule has 0 aliphatic carbocycles. The van der Waals surface area contributed by atoms with Crippen molar-refractivity contribution in [2.24, 2.45) is 0 Å². The number of aromatic nitrogens is 4. The maximum absolute atomic E-state index is 12.4. The lowest BCUT2D eigenvalue weighted by Gasteiger charge is -2.12. The average molecular weight is 416 g/mol. The Morgan fingerprint density at radius 2 is 2.29 bits per heavy atom. The number of amides is 1. The van der Waals surface area contributed by atoms with E-state index in [2.05, 4.69) is 27.1 Å². The number of thiazole rings is 1. The van der Waals surface area contributed by atoms with Crippen LogP contribution in [0.1, 0.15) is 6.92 Å². The standard InChI is InChI=1S/C18H17N5O3S2/c1-3-7-23-15(12-4-5-13-14(9-12)26-10-25-13)21-22-18(23)28-11(2)16(24)20-17-19-6-8-27-17/h3-6,8-9,11H,1,7,10H2,2H3,(H,19,20,24)/t11-/m1/s1. The normalized spacial score (nSPS) is 13.3. The van der Waals surface area contributed by atoms with Crippen molar-refractivity contribution in [2.45, 2.75) is 23.9 Å². The Labute approximate surface area is 169 Å². The Morgan fingerprint density at radius 3 is 3.07 bits per heavy atom. The van der Waals surface area contributed by atoms with Gasteiger partial charge in [0, 0.05) is 23.7 Å². The summed E-state index contributed by atoms with van der Waals surface area (Å²) in [6, 6.07) is 5.63. The minimum absolute atomic E-state index is 0.141. The van der Waals surface area contributed by atoms with E-state index in [0.29, 0.717) is 34.2 Å². The molecule has 3 aromatic rings. The maximum Gasteiger partial charge on any atom is 0.239 e. The first-order chi connectivity index (χ1) is 13.7. The fraction of sp³-hybridized carbons (Fsp3) is 0.222. The highest BCUT2D eigenvalue weighted by atomic mass is 32.2. The van der Waals surface area contributed by atoms with Crippen molar-refractivity contribution < 1.29 is 14.3 Å². The van der Waals surface area contributed by atoms with Crippen LogP contribution in [0.2, 0.25) is 0 Å². The van der Waals surface area contributed by atoms with E-state index in [-0.39, 0.29) is 18.0 Å². The van der Waals surface area contributed by atoms with Crippen molar-refractivity contribution in [1.82, 2.24) is 19.7 Å². The third-order valence-electron chi connectivity index (χ3n) is 3.97. The highest BCUT2D eigenvalue weighted by molar-refractivity contribution is 8.00. The van der Waals surface area contributed by atoms with Crippen LogP contribution in [-0.4, -0.2) is 37.7 Å². The number of benzene rings is 1. The molecule has 28 heavy (non-hydrogen) atoms. The van der Waals surface area contributed by atoms with Gasteiger partial charge in [0.1, 0.15) is 0 Å². The van der Waals surface area contributed by atoms with Gasteiger partial charge in [0.15, 0.2) is 27.6 Å². The van der Waals surface area contributed by atoms with Gasteiger partial charge in [0.25, 0.3) is 0 Å². The Morgan fingerprint density at radius 1 is 1.43 bits per heavy atom. The number of rotatable bonds is 7. The zero-order chi connectivity index (χ0) is 19.5. The molecule has 0 bridgehead atoms. The van der Waals surface area contributed by atoms with Gasteiger partial charge in [-0.1, -0.05) is 17.8 Å². The monoisotopic (exact) mass is 415 g/mol. The first-order valence-electron chi connectivity index (χ1n) is 8.47. The van der Waals surface area contributed by atoms with Crippen LogP contribution in [0, 0.1) is 0 Å². The molecule has 0 unspecified atom stereocenters. The van der Waals surface area contributed by atoms with E-state index < -0.39 is 0 Å². The van der Waals surface area contributed by atoms with Gasteiger partial charge < -0.3 is 14.8 Å². The van der Waals surface area contributed by atoms with Crippen molar-refractivity contribution >= 4 is 34.1 Å². The molecular formula is C18H17N5O3S2. The third kappa shape index (κ3) is 3.73. The van der Waals surface area contributed by atoms with Gasteiger partial charge >= 0.3 is 0 Å². The third-order valence-corrected chi connectivity index (χ3v) is 5.74. The summed E-state index contributed by atoms with van der Waals surface area (Å²) in [6.07, 6.45) is 3.42. The molecule has 1 aliphatic rings. The zero-order valence-electron chi connectivity index (χ0n) is 15.0. The number of thioether (sulfide) groups is 1. The summed E-state index contributed by atoms with van der Waals surface area (Å²) in [5.74, 6) is 1.92. The molecule has 0 saturated carbocycles. The van der Waals surface area contributed by atoms with Crippen LogP contribution >= 0.6 is 23.1 Å². The minimum Gasteiger partial charge on any atom is -0.454 e. The van der Waals surface area contributed by atoms with Gasteiger partial charge in [-0.05, 0) is 25.1 Å². The lowest BCUT2D eigenvalue weighted by molar-refractivity contribution is -0.115. The molecule has 1 N–H and O–H groups in total. The van der Waals surface area contributed by atoms with E-state index >= 15 is 0 Å². The Bertz CT molecular complexity index is 1000. The van der Waals surface area contributed by atoms with E-state index in [9.17, 15) is 4.79 Å². The highest BCUT2D eigenvalue weighted by Gasteiger charge is 2.22. The molecule has 1 aromatic carbocycles. The number of nitrogens with one attached hydrogen (secondary N) is 1. The molecule has 3 heterocycles. The molecule has 0 saturated heterocycles. The number of nitrogens with zero attached hydrogens (tertiary/aromatic N) is 4. The molecule has 1 amide bonds. The number of hydrogen-bond donors (Lipinski definition) is 1. The molecule has 0 spiro atoms. The predicted molar refractivity (Wildman–Crippen MR) is 108 cm³/mol. The van der Waals surface area contributed by atoms with Gasteiger partial charge in [-0.25, -0.2) is 4.98 Å².